The number of pyridine rings is 1. The zero-order valence-corrected chi connectivity index (χ0v) is 11.8. The lowest BCUT2D eigenvalue weighted by Gasteiger charge is -2.10. The molecule has 1 N–H and O–H groups in total. The van der Waals surface area contributed by atoms with Crippen molar-refractivity contribution in [2.45, 2.75) is 6.61 Å². The van der Waals surface area contributed by atoms with Crippen LogP contribution in [-0.4, -0.2) is 16.1 Å². The van der Waals surface area contributed by atoms with Crippen molar-refractivity contribution in [2.75, 3.05) is 0 Å². The van der Waals surface area contributed by atoms with E-state index in [1.165, 1.54) is 12.3 Å². The molecular weight excluding hydrogens is 324 g/mol. The first-order chi connectivity index (χ1) is 9.61. The van der Waals surface area contributed by atoms with Crippen LogP contribution >= 0.6 is 15.9 Å². The highest BCUT2D eigenvalue weighted by Crippen LogP contribution is 2.24. The van der Waals surface area contributed by atoms with E-state index in [9.17, 15) is 4.79 Å². The Morgan fingerprint density at radius 2 is 2.25 bits per heavy atom. The average molecular weight is 333 g/mol. The summed E-state index contributed by atoms with van der Waals surface area (Å²) in [4.78, 5) is 15.1. The van der Waals surface area contributed by atoms with E-state index in [4.69, 9.17) is 15.1 Å². The number of halogens is 1. The monoisotopic (exact) mass is 332 g/mol. The van der Waals surface area contributed by atoms with Crippen LogP contribution in [-0.2, 0) is 6.61 Å². The van der Waals surface area contributed by atoms with Crippen LogP contribution in [0.5, 0.6) is 5.75 Å². The van der Waals surface area contributed by atoms with E-state index in [1.54, 1.807) is 24.3 Å². The molecule has 2 aromatic rings. The van der Waals surface area contributed by atoms with Gasteiger partial charge in [0, 0.05) is 16.2 Å². The Morgan fingerprint density at radius 1 is 1.45 bits per heavy atom. The third kappa shape index (κ3) is 3.13. The molecule has 0 spiro atoms. The smallest absolute Gasteiger partial charge is 0.339 e. The summed E-state index contributed by atoms with van der Waals surface area (Å²) in [7, 11) is 0. The number of rotatable bonds is 4. The second-order valence-electron chi connectivity index (χ2n) is 3.86. The molecule has 0 unspecified atom stereocenters. The van der Waals surface area contributed by atoms with Crippen molar-refractivity contribution in [2.24, 2.45) is 0 Å². The number of ether oxygens (including phenoxy) is 1. The molecule has 2 rings (SSSR count). The van der Waals surface area contributed by atoms with Crippen LogP contribution < -0.4 is 4.74 Å². The minimum Gasteiger partial charge on any atom is -0.488 e. The fourth-order valence-electron chi connectivity index (χ4n) is 1.61. The first-order valence-electron chi connectivity index (χ1n) is 5.61. The molecule has 5 nitrogen and oxygen atoms in total. The lowest BCUT2D eigenvalue weighted by molar-refractivity contribution is 0.0691. The van der Waals surface area contributed by atoms with E-state index >= 15 is 0 Å². The molecule has 0 bridgehead atoms. The summed E-state index contributed by atoms with van der Waals surface area (Å²) in [5.74, 6) is -0.832. The number of nitriles is 1. The van der Waals surface area contributed by atoms with Crippen LogP contribution in [0, 0.1) is 11.3 Å². The van der Waals surface area contributed by atoms with Crippen molar-refractivity contribution in [1.29, 1.82) is 5.26 Å². The highest BCUT2D eigenvalue weighted by Gasteiger charge is 2.12. The number of benzene rings is 1. The Balaban J connectivity index is 2.24. The molecule has 0 aliphatic rings. The van der Waals surface area contributed by atoms with Crippen LogP contribution in [0.1, 0.15) is 21.6 Å². The van der Waals surface area contributed by atoms with Gasteiger partial charge in [-0.1, -0.05) is 22.0 Å². The normalized spacial score (nSPS) is 9.80. The third-order valence-electron chi connectivity index (χ3n) is 2.55. The van der Waals surface area contributed by atoms with E-state index < -0.39 is 5.97 Å². The average Bonchev–Trinajstić information content (AvgIpc) is 2.46. The Kier molecular flexibility index (Phi) is 4.33. The standard InChI is InChI=1S/C14H9BrN2O3/c15-10-3-4-13(11(6-10)14(18)19)20-8-9-2-1-5-17-12(9)7-16/h1-6H,8H2,(H,18,19). The third-order valence-corrected chi connectivity index (χ3v) is 3.05. The molecule has 0 saturated heterocycles. The molecule has 1 aromatic carbocycles. The van der Waals surface area contributed by atoms with Crippen LogP contribution in [0.3, 0.4) is 0 Å². The Bertz CT molecular complexity index is 695. The number of aromatic nitrogens is 1. The fourth-order valence-corrected chi connectivity index (χ4v) is 1.97. The van der Waals surface area contributed by atoms with E-state index in [0.717, 1.165) is 0 Å². The summed E-state index contributed by atoms with van der Waals surface area (Å²) in [5, 5.41) is 18.0. The number of carboxylic acid groups (broad SMARTS) is 1. The molecule has 0 atom stereocenters. The Morgan fingerprint density at radius 3 is 2.95 bits per heavy atom. The fraction of sp³-hybridized carbons (Fsp3) is 0.0714. The number of carbonyl (C=O) groups is 1. The minimum absolute atomic E-state index is 0.0572. The van der Waals surface area contributed by atoms with Gasteiger partial charge in [0.25, 0.3) is 0 Å². The van der Waals surface area contributed by atoms with Crippen LogP contribution in [0.15, 0.2) is 41.0 Å². The maximum atomic E-state index is 11.1. The summed E-state index contributed by atoms with van der Waals surface area (Å²) in [6, 6.07) is 10.1. The summed E-state index contributed by atoms with van der Waals surface area (Å²) >= 11 is 3.21. The molecule has 6 heteroatoms. The second-order valence-corrected chi connectivity index (χ2v) is 4.77. The zero-order valence-electron chi connectivity index (χ0n) is 10.2. The van der Waals surface area contributed by atoms with Crippen LogP contribution in [0.25, 0.3) is 0 Å². The molecule has 20 heavy (non-hydrogen) atoms. The predicted octanol–water partition coefficient (Wildman–Crippen LogP) is 2.99. The zero-order chi connectivity index (χ0) is 14.5. The summed E-state index contributed by atoms with van der Waals surface area (Å²) in [6.07, 6.45) is 1.52. The van der Waals surface area contributed by atoms with Gasteiger partial charge in [-0.2, -0.15) is 5.26 Å². The van der Waals surface area contributed by atoms with Crippen molar-refractivity contribution in [3.8, 4) is 11.8 Å². The predicted molar refractivity (Wildman–Crippen MR) is 74.4 cm³/mol. The van der Waals surface area contributed by atoms with E-state index in [1.807, 2.05) is 6.07 Å². The van der Waals surface area contributed by atoms with Gasteiger partial charge >= 0.3 is 5.97 Å². The highest BCUT2D eigenvalue weighted by molar-refractivity contribution is 9.10. The number of hydrogen-bond donors (Lipinski definition) is 1. The number of nitrogens with zero attached hydrogens (tertiary/aromatic N) is 2. The SMILES string of the molecule is N#Cc1ncccc1COc1ccc(Br)cc1C(=O)O. The Labute approximate surface area is 123 Å². The summed E-state index contributed by atoms with van der Waals surface area (Å²) in [6.45, 7) is 0.0820. The molecule has 1 heterocycles. The van der Waals surface area contributed by atoms with E-state index in [0.29, 0.717) is 10.0 Å². The van der Waals surface area contributed by atoms with Gasteiger partial charge in [0.15, 0.2) is 0 Å². The van der Waals surface area contributed by atoms with Crippen molar-refractivity contribution in [1.82, 2.24) is 4.98 Å². The van der Waals surface area contributed by atoms with Gasteiger partial charge in [0.05, 0.1) is 0 Å². The number of carboxylic acids is 1. The van der Waals surface area contributed by atoms with Gasteiger partial charge < -0.3 is 9.84 Å². The largest absolute Gasteiger partial charge is 0.488 e. The van der Waals surface area contributed by atoms with Gasteiger partial charge in [-0.25, -0.2) is 9.78 Å². The maximum absolute atomic E-state index is 11.1. The molecule has 0 aliphatic heterocycles. The van der Waals surface area contributed by atoms with E-state index in [-0.39, 0.29) is 23.6 Å². The first kappa shape index (κ1) is 14.0. The van der Waals surface area contributed by atoms with Crippen molar-refractivity contribution < 1.29 is 14.6 Å². The lowest BCUT2D eigenvalue weighted by atomic mass is 10.2. The van der Waals surface area contributed by atoms with Crippen LogP contribution in [0.4, 0.5) is 0 Å². The topological polar surface area (TPSA) is 83.2 Å². The van der Waals surface area contributed by atoms with E-state index in [2.05, 4.69) is 20.9 Å². The number of aromatic carboxylic acids is 1. The van der Waals surface area contributed by atoms with Gasteiger partial charge in [-0.15, -0.1) is 0 Å². The molecule has 100 valence electrons. The molecule has 0 fully saturated rings. The summed E-state index contributed by atoms with van der Waals surface area (Å²) in [5.41, 5.74) is 0.928. The quantitative estimate of drug-likeness (QED) is 0.930. The van der Waals surface area contributed by atoms with Crippen molar-refractivity contribution in [3.05, 3.63) is 57.8 Å². The summed E-state index contributed by atoms with van der Waals surface area (Å²) < 4.78 is 6.14. The number of hydrogen-bond acceptors (Lipinski definition) is 4. The molecule has 0 aliphatic carbocycles. The van der Waals surface area contributed by atoms with Gasteiger partial charge in [0.2, 0.25) is 0 Å². The van der Waals surface area contributed by atoms with Crippen molar-refractivity contribution >= 4 is 21.9 Å². The highest BCUT2D eigenvalue weighted by atomic mass is 79.9. The maximum Gasteiger partial charge on any atom is 0.339 e. The second kappa shape index (κ2) is 6.17. The molecule has 0 saturated carbocycles. The first-order valence-corrected chi connectivity index (χ1v) is 6.40. The minimum atomic E-state index is -1.08. The molecule has 0 amide bonds. The lowest BCUT2D eigenvalue weighted by Crippen LogP contribution is -2.05. The molecular formula is C14H9BrN2O3. The molecule has 0 radical (unpaired) electrons. The Hall–Kier alpha value is -2.39. The van der Waals surface area contributed by atoms with Gasteiger partial charge in [0.1, 0.15) is 29.7 Å². The van der Waals surface area contributed by atoms with Crippen LogP contribution in [0.2, 0.25) is 0 Å². The van der Waals surface area contributed by atoms with Gasteiger partial charge in [-0.3, -0.25) is 0 Å². The van der Waals surface area contributed by atoms with Gasteiger partial charge in [-0.05, 0) is 24.3 Å². The molecule has 1 aromatic heterocycles. The van der Waals surface area contributed by atoms with Crippen molar-refractivity contribution in [3.63, 3.8) is 0 Å².